The fraction of sp³-hybridized carbons (Fsp3) is 0.474. The first-order chi connectivity index (χ1) is 13.8. The Bertz CT molecular complexity index is 956. The molecule has 1 aliphatic rings. The molecule has 1 aliphatic carbocycles. The number of hydrogen-bond acceptors (Lipinski definition) is 5. The lowest BCUT2D eigenvalue weighted by molar-refractivity contribution is 0.102. The fourth-order valence-corrected chi connectivity index (χ4v) is 6.29. The maximum Gasteiger partial charge on any atom is 0.257 e. The van der Waals surface area contributed by atoms with Crippen LogP contribution in [0.4, 0.5) is 5.13 Å². The molecule has 6 nitrogen and oxygen atoms in total. The van der Waals surface area contributed by atoms with Crippen LogP contribution in [0.5, 0.6) is 0 Å². The second-order valence-corrected chi connectivity index (χ2v) is 10.8. The van der Waals surface area contributed by atoms with Crippen molar-refractivity contribution in [3.05, 3.63) is 40.4 Å². The number of amides is 1. The summed E-state index contributed by atoms with van der Waals surface area (Å²) in [6.07, 6.45) is 3.08. The number of aryl methyl sites for hydroxylation is 1. The third kappa shape index (κ3) is 5.30. The predicted molar refractivity (Wildman–Crippen MR) is 118 cm³/mol. The quantitative estimate of drug-likeness (QED) is 0.585. The molecule has 1 amide bonds. The third-order valence-electron chi connectivity index (χ3n) is 4.83. The second-order valence-electron chi connectivity index (χ2n) is 7.00. The van der Waals surface area contributed by atoms with E-state index in [9.17, 15) is 13.2 Å². The van der Waals surface area contributed by atoms with Gasteiger partial charge in [-0.25, -0.2) is 13.4 Å². The number of alkyl halides is 2. The number of nitrogens with zero attached hydrogens (tertiary/aromatic N) is 2. The number of aromatic nitrogens is 1. The minimum Gasteiger partial charge on any atom is -0.298 e. The summed E-state index contributed by atoms with van der Waals surface area (Å²) in [4.78, 5) is 18.4. The summed E-state index contributed by atoms with van der Waals surface area (Å²) in [7, 11) is -3.71. The summed E-state index contributed by atoms with van der Waals surface area (Å²) in [6, 6.07) is 5.84. The number of carbonyl (C=O) groups is 1. The zero-order valence-electron chi connectivity index (χ0n) is 16.0. The molecule has 0 spiro atoms. The van der Waals surface area contributed by atoms with Crippen molar-refractivity contribution in [2.75, 3.05) is 30.2 Å². The highest BCUT2D eigenvalue weighted by Gasteiger charge is 2.24. The Morgan fingerprint density at radius 3 is 2.52 bits per heavy atom. The highest BCUT2D eigenvalue weighted by molar-refractivity contribution is 7.89. The van der Waals surface area contributed by atoms with Crippen LogP contribution in [0.15, 0.2) is 29.2 Å². The zero-order valence-corrected chi connectivity index (χ0v) is 19.2. The predicted octanol–water partition coefficient (Wildman–Crippen LogP) is 3.99. The van der Waals surface area contributed by atoms with Gasteiger partial charge in [0.15, 0.2) is 5.13 Å². The summed E-state index contributed by atoms with van der Waals surface area (Å²) < 4.78 is 26.7. The van der Waals surface area contributed by atoms with Crippen molar-refractivity contribution in [3.8, 4) is 0 Å². The molecule has 0 aliphatic heterocycles. The molecule has 1 N–H and O–H groups in total. The molecule has 0 bridgehead atoms. The molecule has 1 aromatic carbocycles. The molecule has 158 valence electrons. The molecule has 29 heavy (non-hydrogen) atoms. The van der Waals surface area contributed by atoms with Crippen LogP contribution in [0.1, 0.15) is 34.3 Å². The second kappa shape index (κ2) is 9.75. The van der Waals surface area contributed by atoms with E-state index in [-0.39, 0.29) is 35.7 Å². The normalized spacial score (nSPS) is 16.6. The van der Waals surface area contributed by atoms with E-state index < -0.39 is 10.0 Å². The van der Waals surface area contributed by atoms with Crippen molar-refractivity contribution in [3.63, 3.8) is 0 Å². The number of nitrogens with one attached hydrogen (secondary N) is 1. The SMILES string of the molecule is C[C@H]1CCc2sc(NC(=O)c3ccc(S(=O)(=O)N(CCCl)CCCl)cc3)nc2C1. The van der Waals surface area contributed by atoms with Gasteiger partial charge in [-0.3, -0.25) is 10.1 Å². The van der Waals surface area contributed by atoms with Crippen molar-refractivity contribution < 1.29 is 13.2 Å². The van der Waals surface area contributed by atoms with E-state index in [2.05, 4.69) is 17.2 Å². The maximum atomic E-state index is 12.7. The van der Waals surface area contributed by atoms with Crippen LogP contribution in [0.25, 0.3) is 0 Å². The topological polar surface area (TPSA) is 79.4 Å². The average Bonchev–Trinajstić information content (AvgIpc) is 3.09. The molecule has 2 aromatic rings. The molecule has 3 rings (SSSR count). The number of hydrogen-bond donors (Lipinski definition) is 1. The van der Waals surface area contributed by atoms with Crippen LogP contribution in [0.2, 0.25) is 0 Å². The van der Waals surface area contributed by atoms with Crippen molar-refractivity contribution in [2.45, 2.75) is 31.1 Å². The molecule has 0 unspecified atom stereocenters. The van der Waals surface area contributed by atoms with Crippen molar-refractivity contribution in [1.29, 1.82) is 0 Å². The summed E-state index contributed by atoms with van der Waals surface area (Å²) in [5, 5.41) is 3.41. The first-order valence-electron chi connectivity index (χ1n) is 9.37. The Hall–Kier alpha value is -1.19. The lowest BCUT2D eigenvalue weighted by Crippen LogP contribution is -2.34. The van der Waals surface area contributed by atoms with Crippen LogP contribution >= 0.6 is 34.5 Å². The van der Waals surface area contributed by atoms with Gasteiger partial charge in [-0.1, -0.05) is 6.92 Å². The van der Waals surface area contributed by atoms with E-state index in [4.69, 9.17) is 23.2 Å². The molecule has 1 heterocycles. The molecule has 1 atom stereocenters. The lowest BCUT2D eigenvalue weighted by atomic mass is 9.93. The first kappa shape index (κ1) is 22.5. The molecule has 0 saturated heterocycles. The van der Waals surface area contributed by atoms with Gasteiger partial charge in [0.25, 0.3) is 5.91 Å². The van der Waals surface area contributed by atoms with Crippen molar-refractivity contribution in [2.24, 2.45) is 5.92 Å². The number of benzene rings is 1. The van der Waals surface area contributed by atoms with Gasteiger partial charge in [0, 0.05) is 35.3 Å². The van der Waals surface area contributed by atoms with E-state index in [0.29, 0.717) is 16.6 Å². The van der Waals surface area contributed by atoms with E-state index in [0.717, 1.165) is 25.0 Å². The lowest BCUT2D eigenvalue weighted by Gasteiger charge is -2.20. The van der Waals surface area contributed by atoms with Gasteiger partial charge in [0.05, 0.1) is 10.6 Å². The molecular formula is C19H23Cl2N3O3S2. The van der Waals surface area contributed by atoms with Crippen LogP contribution in [0.3, 0.4) is 0 Å². The Morgan fingerprint density at radius 2 is 1.90 bits per heavy atom. The Kier molecular flexibility index (Phi) is 7.56. The number of thiazole rings is 1. The smallest absolute Gasteiger partial charge is 0.257 e. The van der Waals surface area contributed by atoms with Crippen LogP contribution in [-0.4, -0.2) is 48.5 Å². The van der Waals surface area contributed by atoms with Gasteiger partial charge in [-0.05, 0) is 49.4 Å². The first-order valence-corrected chi connectivity index (χ1v) is 12.7. The molecule has 0 saturated carbocycles. The summed E-state index contributed by atoms with van der Waals surface area (Å²) in [5.74, 6) is 0.645. The third-order valence-corrected chi connectivity index (χ3v) is 8.15. The number of halogens is 2. The molecule has 0 fully saturated rings. The number of sulfonamides is 1. The number of rotatable bonds is 8. The summed E-state index contributed by atoms with van der Waals surface area (Å²) in [5.41, 5.74) is 1.44. The van der Waals surface area contributed by atoms with Gasteiger partial charge >= 0.3 is 0 Å². The van der Waals surface area contributed by atoms with Crippen LogP contribution in [0, 0.1) is 5.92 Å². The van der Waals surface area contributed by atoms with Gasteiger partial charge in [-0.2, -0.15) is 4.31 Å². The van der Waals surface area contributed by atoms with Crippen molar-refractivity contribution >= 4 is 55.6 Å². The van der Waals surface area contributed by atoms with Gasteiger partial charge in [0.1, 0.15) is 0 Å². The molecule has 1 aromatic heterocycles. The number of fused-ring (bicyclic) bond motifs is 1. The monoisotopic (exact) mass is 475 g/mol. The van der Waals surface area contributed by atoms with E-state index in [1.54, 1.807) is 0 Å². The largest absolute Gasteiger partial charge is 0.298 e. The number of carbonyl (C=O) groups excluding carboxylic acids is 1. The molecule has 10 heteroatoms. The van der Waals surface area contributed by atoms with Crippen LogP contribution in [-0.2, 0) is 22.9 Å². The Morgan fingerprint density at radius 1 is 1.24 bits per heavy atom. The average molecular weight is 476 g/mol. The van der Waals surface area contributed by atoms with Gasteiger partial charge in [0.2, 0.25) is 10.0 Å². The number of anilines is 1. The van der Waals surface area contributed by atoms with Crippen molar-refractivity contribution in [1.82, 2.24) is 9.29 Å². The minimum atomic E-state index is -3.71. The van der Waals surface area contributed by atoms with E-state index >= 15 is 0 Å². The highest BCUT2D eigenvalue weighted by atomic mass is 35.5. The minimum absolute atomic E-state index is 0.1000. The fourth-order valence-electron chi connectivity index (χ4n) is 3.24. The Labute approximate surface area is 185 Å². The molecular weight excluding hydrogens is 453 g/mol. The Balaban J connectivity index is 1.72. The summed E-state index contributed by atoms with van der Waals surface area (Å²) in [6.45, 7) is 2.55. The van der Waals surface area contributed by atoms with Gasteiger partial charge < -0.3 is 0 Å². The standard InChI is InChI=1S/C19H23Cl2N3O3S2/c1-13-2-7-17-16(12-13)22-19(28-17)23-18(25)14-3-5-15(6-4-14)29(26,27)24(10-8-20)11-9-21/h3-6,13H,2,7-12H2,1H3,(H,22,23,25)/t13-/m0/s1. The highest BCUT2D eigenvalue weighted by Crippen LogP contribution is 2.32. The zero-order chi connectivity index (χ0) is 21.0. The van der Waals surface area contributed by atoms with E-state index in [1.807, 2.05) is 0 Å². The summed E-state index contributed by atoms with van der Waals surface area (Å²) >= 11 is 12.9. The maximum absolute atomic E-state index is 12.7. The molecule has 0 radical (unpaired) electrons. The van der Waals surface area contributed by atoms with E-state index in [1.165, 1.54) is 44.8 Å². The van der Waals surface area contributed by atoms with Gasteiger partial charge in [-0.15, -0.1) is 34.5 Å². The van der Waals surface area contributed by atoms with Crippen LogP contribution < -0.4 is 5.32 Å².